The van der Waals surface area contributed by atoms with E-state index in [1.54, 1.807) is 60.7 Å². The SMILES string of the molecule is COc1cc(OC)c(OC)cc1/C=C/C(=O)OCC(=O)Nc1ccccc1C(=O)c1ccccc1. The average Bonchev–Trinajstić information content (AvgIpc) is 2.90. The maximum atomic E-state index is 12.8. The highest BCUT2D eigenvalue weighted by molar-refractivity contribution is 6.13. The fourth-order valence-electron chi connectivity index (χ4n) is 3.25. The van der Waals surface area contributed by atoms with Crippen molar-refractivity contribution in [3.63, 3.8) is 0 Å². The molecule has 3 aromatic carbocycles. The van der Waals surface area contributed by atoms with Crippen molar-refractivity contribution >= 4 is 29.4 Å². The number of anilines is 1. The zero-order valence-electron chi connectivity index (χ0n) is 19.6. The molecular formula is C27H25NO7. The first-order valence-electron chi connectivity index (χ1n) is 10.6. The summed E-state index contributed by atoms with van der Waals surface area (Å²) in [5.74, 6) is -0.139. The van der Waals surface area contributed by atoms with Gasteiger partial charge in [-0.1, -0.05) is 42.5 Å². The molecule has 3 rings (SSSR count). The lowest BCUT2D eigenvalue weighted by atomic mass is 10.0. The quantitative estimate of drug-likeness (QED) is 0.267. The van der Waals surface area contributed by atoms with Crippen molar-refractivity contribution in [2.45, 2.75) is 0 Å². The summed E-state index contributed by atoms with van der Waals surface area (Å²) in [6.07, 6.45) is 2.65. The summed E-state index contributed by atoms with van der Waals surface area (Å²) in [6.45, 7) is -0.528. The van der Waals surface area contributed by atoms with Crippen LogP contribution in [0.3, 0.4) is 0 Å². The van der Waals surface area contributed by atoms with E-state index in [1.807, 2.05) is 6.07 Å². The molecule has 0 unspecified atom stereocenters. The van der Waals surface area contributed by atoms with Crippen LogP contribution in [0.25, 0.3) is 6.08 Å². The number of ketones is 1. The first kappa shape index (κ1) is 25.0. The summed E-state index contributed by atoms with van der Waals surface area (Å²) in [4.78, 5) is 37.4. The van der Waals surface area contributed by atoms with E-state index in [-0.39, 0.29) is 5.78 Å². The highest BCUT2D eigenvalue weighted by Crippen LogP contribution is 2.35. The van der Waals surface area contributed by atoms with Gasteiger partial charge in [-0.15, -0.1) is 0 Å². The third-order valence-electron chi connectivity index (χ3n) is 4.96. The zero-order chi connectivity index (χ0) is 25.2. The van der Waals surface area contributed by atoms with Gasteiger partial charge in [0, 0.05) is 28.8 Å². The molecule has 180 valence electrons. The van der Waals surface area contributed by atoms with Crippen LogP contribution in [0.15, 0.2) is 72.8 Å². The van der Waals surface area contributed by atoms with Gasteiger partial charge in [-0.3, -0.25) is 9.59 Å². The number of ether oxygens (including phenoxy) is 4. The summed E-state index contributed by atoms with van der Waals surface area (Å²) in [6, 6.07) is 18.6. The van der Waals surface area contributed by atoms with Gasteiger partial charge in [0.1, 0.15) is 5.75 Å². The minimum Gasteiger partial charge on any atom is -0.496 e. The molecule has 0 heterocycles. The Hall–Kier alpha value is -4.59. The lowest BCUT2D eigenvalue weighted by Crippen LogP contribution is -2.21. The van der Waals surface area contributed by atoms with Crippen molar-refractivity contribution in [1.29, 1.82) is 0 Å². The van der Waals surface area contributed by atoms with E-state index < -0.39 is 18.5 Å². The van der Waals surface area contributed by atoms with E-state index in [1.165, 1.54) is 33.5 Å². The van der Waals surface area contributed by atoms with Crippen LogP contribution >= 0.6 is 0 Å². The molecule has 0 spiro atoms. The molecule has 0 saturated heterocycles. The van der Waals surface area contributed by atoms with E-state index in [0.717, 1.165) is 0 Å². The maximum absolute atomic E-state index is 12.8. The van der Waals surface area contributed by atoms with Crippen LogP contribution in [0.5, 0.6) is 17.2 Å². The molecule has 8 heteroatoms. The molecule has 0 aromatic heterocycles. The second-order valence-corrected chi connectivity index (χ2v) is 7.18. The van der Waals surface area contributed by atoms with Gasteiger partial charge in [-0.05, 0) is 24.3 Å². The Labute approximate surface area is 203 Å². The summed E-state index contributed by atoms with van der Waals surface area (Å²) in [5, 5.41) is 2.62. The summed E-state index contributed by atoms with van der Waals surface area (Å²) in [5.41, 5.74) is 1.71. The van der Waals surface area contributed by atoms with Crippen molar-refractivity contribution in [3.8, 4) is 17.2 Å². The van der Waals surface area contributed by atoms with Crippen molar-refractivity contribution in [3.05, 3.63) is 89.5 Å². The topological polar surface area (TPSA) is 100 Å². The second-order valence-electron chi connectivity index (χ2n) is 7.18. The molecule has 1 amide bonds. The smallest absolute Gasteiger partial charge is 0.331 e. The number of rotatable bonds is 10. The van der Waals surface area contributed by atoms with Crippen LogP contribution in [-0.2, 0) is 14.3 Å². The highest BCUT2D eigenvalue weighted by atomic mass is 16.5. The van der Waals surface area contributed by atoms with Crippen LogP contribution in [0.2, 0.25) is 0 Å². The van der Waals surface area contributed by atoms with E-state index in [0.29, 0.717) is 39.6 Å². The molecule has 0 fully saturated rings. The van der Waals surface area contributed by atoms with Crippen LogP contribution in [-0.4, -0.2) is 45.6 Å². The van der Waals surface area contributed by atoms with Gasteiger partial charge in [0.15, 0.2) is 23.9 Å². The molecule has 0 saturated carbocycles. The third kappa shape index (κ3) is 6.48. The number of methoxy groups -OCH3 is 3. The molecule has 0 aliphatic heterocycles. The standard InChI is InChI=1S/C27H25NO7/c1-32-22-16-24(34-3)23(33-2)15-19(22)13-14-26(30)35-17-25(29)28-21-12-8-7-11-20(21)27(31)18-9-5-4-6-10-18/h4-16H,17H2,1-3H3,(H,28,29)/b14-13+. The molecule has 0 aliphatic carbocycles. The largest absolute Gasteiger partial charge is 0.496 e. The average molecular weight is 475 g/mol. The Kier molecular flexibility index (Phi) is 8.61. The van der Waals surface area contributed by atoms with Crippen molar-refractivity contribution in [2.75, 3.05) is 33.3 Å². The second kappa shape index (κ2) is 12.0. The minimum absolute atomic E-state index is 0.231. The Bertz CT molecular complexity index is 1240. The number of hydrogen-bond acceptors (Lipinski definition) is 7. The monoisotopic (exact) mass is 475 g/mol. The van der Waals surface area contributed by atoms with Crippen molar-refractivity contribution < 1.29 is 33.3 Å². The molecular weight excluding hydrogens is 450 g/mol. The van der Waals surface area contributed by atoms with Crippen molar-refractivity contribution in [2.24, 2.45) is 0 Å². The zero-order valence-corrected chi connectivity index (χ0v) is 19.6. The Morgan fingerprint density at radius 1 is 0.800 bits per heavy atom. The lowest BCUT2D eigenvalue weighted by Gasteiger charge is -2.12. The normalized spacial score (nSPS) is 10.5. The minimum atomic E-state index is -0.731. The van der Waals surface area contributed by atoms with Crippen LogP contribution in [0.1, 0.15) is 21.5 Å². The molecule has 0 atom stereocenters. The Morgan fingerprint density at radius 3 is 2.11 bits per heavy atom. The molecule has 35 heavy (non-hydrogen) atoms. The van der Waals surface area contributed by atoms with Gasteiger partial charge in [-0.25, -0.2) is 4.79 Å². The van der Waals surface area contributed by atoms with Crippen molar-refractivity contribution in [1.82, 2.24) is 0 Å². The van der Waals surface area contributed by atoms with Crippen LogP contribution < -0.4 is 19.5 Å². The van der Waals surface area contributed by atoms with Gasteiger partial charge < -0.3 is 24.3 Å². The number of carbonyl (C=O) groups is 3. The molecule has 0 bridgehead atoms. The van der Waals surface area contributed by atoms with E-state index in [9.17, 15) is 14.4 Å². The molecule has 0 aliphatic rings. The first-order chi connectivity index (χ1) is 17.0. The summed E-state index contributed by atoms with van der Waals surface area (Å²) >= 11 is 0. The molecule has 8 nitrogen and oxygen atoms in total. The molecule has 3 aromatic rings. The predicted octanol–water partition coefficient (Wildman–Crippen LogP) is 4.14. The number of amides is 1. The summed E-state index contributed by atoms with van der Waals surface area (Å²) in [7, 11) is 4.49. The maximum Gasteiger partial charge on any atom is 0.331 e. The van der Waals surface area contributed by atoms with Crippen LogP contribution in [0.4, 0.5) is 5.69 Å². The first-order valence-corrected chi connectivity index (χ1v) is 10.6. The van der Waals surface area contributed by atoms with Gasteiger partial charge >= 0.3 is 5.97 Å². The van der Waals surface area contributed by atoms with Gasteiger partial charge in [0.2, 0.25) is 0 Å². The number of benzene rings is 3. The highest BCUT2D eigenvalue weighted by Gasteiger charge is 2.15. The van der Waals surface area contributed by atoms with Gasteiger partial charge in [-0.2, -0.15) is 0 Å². The number of para-hydroxylation sites is 1. The van der Waals surface area contributed by atoms with Gasteiger partial charge in [0.05, 0.1) is 27.0 Å². The van der Waals surface area contributed by atoms with Gasteiger partial charge in [0.25, 0.3) is 5.91 Å². The number of esters is 1. The lowest BCUT2D eigenvalue weighted by molar-refractivity contribution is -0.142. The van der Waals surface area contributed by atoms with E-state index >= 15 is 0 Å². The fraction of sp³-hybridized carbons (Fsp3) is 0.148. The fourth-order valence-corrected chi connectivity index (χ4v) is 3.25. The number of hydrogen-bond donors (Lipinski definition) is 1. The summed E-state index contributed by atoms with van der Waals surface area (Å²) < 4.78 is 20.9. The Balaban J connectivity index is 1.63. The molecule has 1 N–H and O–H groups in total. The number of carbonyl (C=O) groups excluding carboxylic acids is 3. The molecule has 0 radical (unpaired) electrons. The third-order valence-corrected chi connectivity index (χ3v) is 4.96. The number of nitrogens with one attached hydrogen (secondary N) is 1. The predicted molar refractivity (Wildman–Crippen MR) is 131 cm³/mol. The van der Waals surface area contributed by atoms with Crippen LogP contribution in [0, 0.1) is 0 Å². The van der Waals surface area contributed by atoms with E-state index in [4.69, 9.17) is 18.9 Å². The van der Waals surface area contributed by atoms with E-state index in [2.05, 4.69) is 5.32 Å². The Morgan fingerprint density at radius 2 is 1.43 bits per heavy atom.